The Balaban J connectivity index is 1.95. The summed E-state index contributed by atoms with van der Waals surface area (Å²) in [6.45, 7) is 2.89. The van der Waals surface area contributed by atoms with Gasteiger partial charge in [-0.2, -0.15) is 0 Å². The Labute approximate surface area is 135 Å². The number of hydrogen-bond donors (Lipinski definition) is 1. The van der Waals surface area contributed by atoms with Gasteiger partial charge < -0.3 is 5.32 Å². The quantitative estimate of drug-likeness (QED) is 0.871. The number of hydrogen-bond acceptors (Lipinski definition) is 2. The van der Waals surface area contributed by atoms with Gasteiger partial charge in [-0.3, -0.25) is 9.69 Å². The van der Waals surface area contributed by atoms with E-state index in [0.29, 0.717) is 12.3 Å². The summed E-state index contributed by atoms with van der Waals surface area (Å²) in [7, 11) is 4.38. The highest BCUT2D eigenvalue weighted by atomic mass is 16.1. The minimum absolute atomic E-state index is 0.158. The zero-order valence-corrected chi connectivity index (χ0v) is 14.3. The van der Waals surface area contributed by atoms with E-state index in [1.54, 1.807) is 0 Å². The molecule has 0 spiro atoms. The van der Waals surface area contributed by atoms with Crippen LogP contribution in [-0.4, -0.2) is 31.4 Å². The largest absolute Gasteiger partial charge is 0.356 e. The zero-order valence-electron chi connectivity index (χ0n) is 14.3. The number of nitrogens with one attached hydrogen (secondary N) is 1. The monoisotopic (exact) mass is 302 g/mol. The third kappa shape index (κ3) is 3.89. The fraction of sp³-hybridized carbons (Fsp3) is 0.632. The molecule has 1 aromatic carbocycles. The van der Waals surface area contributed by atoms with Crippen LogP contribution in [0.1, 0.15) is 51.0 Å². The first-order valence-corrected chi connectivity index (χ1v) is 8.58. The van der Waals surface area contributed by atoms with E-state index < -0.39 is 0 Å². The number of amides is 1. The van der Waals surface area contributed by atoms with Crippen molar-refractivity contribution in [3.05, 3.63) is 35.9 Å². The van der Waals surface area contributed by atoms with Gasteiger partial charge in [0, 0.05) is 18.5 Å². The second-order valence-corrected chi connectivity index (χ2v) is 6.79. The zero-order chi connectivity index (χ0) is 16.0. The van der Waals surface area contributed by atoms with E-state index in [4.69, 9.17) is 0 Å². The van der Waals surface area contributed by atoms with Gasteiger partial charge in [0.2, 0.25) is 5.91 Å². The van der Waals surface area contributed by atoms with Crippen molar-refractivity contribution in [1.82, 2.24) is 10.2 Å². The summed E-state index contributed by atoms with van der Waals surface area (Å²) in [5.41, 5.74) is 1.58. The van der Waals surface area contributed by atoms with Gasteiger partial charge in [-0.25, -0.2) is 0 Å². The molecule has 2 rings (SSSR count). The molecule has 3 heteroatoms. The molecule has 1 saturated carbocycles. The molecular weight excluding hydrogens is 272 g/mol. The molecule has 3 nitrogen and oxygen atoms in total. The lowest BCUT2D eigenvalue weighted by Gasteiger charge is -2.45. The molecule has 1 amide bonds. The summed E-state index contributed by atoms with van der Waals surface area (Å²) in [5.74, 6) is 0.826. The summed E-state index contributed by atoms with van der Waals surface area (Å²) in [6.07, 6.45) is 6.27. The van der Waals surface area contributed by atoms with Crippen LogP contribution in [0.5, 0.6) is 0 Å². The molecule has 1 fully saturated rings. The van der Waals surface area contributed by atoms with Crippen LogP contribution in [0, 0.1) is 5.92 Å². The van der Waals surface area contributed by atoms with E-state index in [0.717, 1.165) is 13.0 Å². The van der Waals surface area contributed by atoms with Crippen LogP contribution < -0.4 is 5.32 Å². The molecule has 1 aliphatic rings. The van der Waals surface area contributed by atoms with Gasteiger partial charge in [-0.15, -0.1) is 0 Å². The van der Waals surface area contributed by atoms with E-state index >= 15 is 0 Å². The third-order valence-electron chi connectivity index (χ3n) is 5.16. The van der Waals surface area contributed by atoms with Crippen molar-refractivity contribution in [3.8, 4) is 0 Å². The number of carbonyl (C=O) groups is 1. The van der Waals surface area contributed by atoms with Crippen molar-refractivity contribution in [1.29, 1.82) is 0 Å². The van der Waals surface area contributed by atoms with Crippen LogP contribution in [0.4, 0.5) is 0 Å². The summed E-state index contributed by atoms with van der Waals surface area (Å²) in [4.78, 5) is 14.0. The first-order valence-electron chi connectivity index (χ1n) is 8.58. The minimum atomic E-state index is 0.158. The average molecular weight is 302 g/mol. The number of benzene rings is 1. The van der Waals surface area contributed by atoms with E-state index in [9.17, 15) is 4.79 Å². The first-order chi connectivity index (χ1) is 10.6. The Bertz CT molecular complexity index is 462. The van der Waals surface area contributed by atoms with Crippen LogP contribution in [0.3, 0.4) is 0 Å². The molecule has 0 atom stereocenters. The molecule has 0 radical (unpaired) electrons. The molecule has 0 aliphatic heterocycles. The topological polar surface area (TPSA) is 32.3 Å². The molecule has 122 valence electrons. The number of rotatable bonds is 6. The second-order valence-electron chi connectivity index (χ2n) is 6.79. The molecule has 0 unspecified atom stereocenters. The summed E-state index contributed by atoms with van der Waals surface area (Å²) in [5, 5.41) is 3.10. The van der Waals surface area contributed by atoms with Crippen molar-refractivity contribution in [3.63, 3.8) is 0 Å². The fourth-order valence-corrected chi connectivity index (χ4v) is 3.68. The maximum absolute atomic E-state index is 11.6. The fourth-order valence-electron chi connectivity index (χ4n) is 3.68. The van der Waals surface area contributed by atoms with Crippen LogP contribution in [-0.2, 0) is 10.3 Å². The minimum Gasteiger partial charge on any atom is -0.356 e. The maximum Gasteiger partial charge on any atom is 0.219 e. The predicted molar refractivity (Wildman–Crippen MR) is 91.7 cm³/mol. The third-order valence-corrected chi connectivity index (χ3v) is 5.16. The molecule has 0 bridgehead atoms. The molecule has 1 aliphatic carbocycles. The van der Waals surface area contributed by atoms with Gasteiger partial charge in [-0.1, -0.05) is 37.3 Å². The molecule has 0 heterocycles. The van der Waals surface area contributed by atoms with Gasteiger partial charge >= 0.3 is 0 Å². The molecule has 1 N–H and O–H groups in total. The smallest absolute Gasteiger partial charge is 0.219 e. The van der Waals surface area contributed by atoms with Gasteiger partial charge in [0.25, 0.3) is 0 Å². The van der Waals surface area contributed by atoms with Gasteiger partial charge in [0.05, 0.1) is 0 Å². The van der Waals surface area contributed by atoms with Crippen molar-refractivity contribution in [2.24, 2.45) is 5.92 Å². The van der Waals surface area contributed by atoms with Crippen LogP contribution >= 0.6 is 0 Å². The lowest BCUT2D eigenvalue weighted by Crippen LogP contribution is -2.45. The van der Waals surface area contributed by atoms with E-state index in [2.05, 4.69) is 54.6 Å². The van der Waals surface area contributed by atoms with Crippen LogP contribution in [0.15, 0.2) is 30.3 Å². The van der Waals surface area contributed by atoms with Crippen LogP contribution in [0.25, 0.3) is 0 Å². The SMILES string of the molecule is CCCC(=O)NCC1CCC(c2ccccc2)(N(C)C)CC1. The van der Waals surface area contributed by atoms with E-state index in [-0.39, 0.29) is 11.4 Å². The first kappa shape index (κ1) is 17.0. The maximum atomic E-state index is 11.6. The molecule has 0 saturated heterocycles. The van der Waals surface area contributed by atoms with Crippen molar-refractivity contribution in [2.75, 3.05) is 20.6 Å². The molecule has 1 aromatic rings. The van der Waals surface area contributed by atoms with Gasteiger partial charge in [-0.05, 0) is 57.7 Å². The van der Waals surface area contributed by atoms with Crippen molar-refractivity contribution >= 4 is 5.91 Å². The van der Waals surface area contributed by atoms with E-state index in [1.165, 1.54) is 31.2 Å². The summed E-state index contributed by atoms with van der Waals surface area (Å²) < 4.78 is 0. The Hall–Kier alpha value is -1.35. The Kier molecular flexibility index (Phi) is 6.01. The molecular formula is C19H30N2O. The number of nitrogens with zero attached hydrogens (tertiary/aromatic N) is 1. The van der Waals surface area contributed by atoms with Crippen molar-refractivity contribution < 1.29 is 4.79 Å². The number of carbonyl (C=O) groups excluding carboxylic acids is 1. The Morgan fingerprint density at radius 3 is 2.41 bits per heavy atom. The van der Waals surface area contributed by atoms with Gasteiger partial charge in [0.15, 0.2) is 0 Å². The van der Waals surface area contributed by atoms with Crippen LogP contribution in [0.2, 0.25) is 0 Å². The second kappa shape index (κ2) is 7.77. The van der Waals surface area contributed by atoms with Crippen molar-refractivity contribution in [2.45, 2.75) is 51.0 Å². The molecule has 0 aromatic heterocycles. The lowest BCUT2D eigenvalue weighted by molar-refractivity contribution is -0.121. The standard InChI is InChI=1S/C19H30N2O/c1-4-8-18(22)20-15-16-11-13-19(14-12-16,21(2)3)17-9-6-5-7-10-17/h5-7,9-10,16H,4,8,11-15H2,1-3H3,(H,20,22). The highest BCUT2D eigenvalue weighted by Gasteiger charge is 2.38. The highest BCUT2D eigenvalue weighted by molar-refractivity contribution is 5.75. The predicted octanol–water partition coefficient (Wildman–Crippen LogP) is 3.55. The Morgan fingerprint density at radius 1 is 1.23 bits per heavy atom. The Morgan fingerprint density at radius 2 is 1.86 bits per heavy atom. The summed E-state index contributed by atoms with van der Waals surface area (Å²) >= 11 is 0. The van der Waals surface area contributed by atoms with E-state index in [1.807, 2.05) is 6.92 Å². The average Bonchev–Trinajstić information content (AvgIpc) is 2.54. The lowest BCUT2D eigenvalue weighted by atomic mass is 9.72. The molecule has 22 heavy (non-hydrogen) atoms. The normalized spacial score (nSPS) is 25.2. The summed E-state index contributed by atoms with van der Waals surface area (Å²) in [6, 6.07) is 10.9. The highest BCUT2D eigenvalue weighted by Crippen LogP contribution is 2.42. The van der Waals surface area contributed by atoms with Gasteiger partial charge in [0.1, 0.15) is 0 Å².